The Kier molecular flexibility index (Phi) is 5.15. The number of hydrogen-bond donors (Lipinski definition) is 2. The van der Waals surface area contributed by atoms with Crippen LogP contribution in [0.15, 0.2) is 4.99 Å². The largest absolute Gasteiger partial charge is 0.370 e. The first-order chi connectivity index (χ1) is 8.31. The molecule has 2 bridgehead atoms. The van der Waals surface area contributed by atoms with Crippen LogP contribution in [0.2, 0.25) is 0 Å². The Morgan fingerprint density at radius 2 is 2.00 bits per heavy atom. The molecule has 104 valence electrons. The summed E-state index contributed by atoms with van der Waals surface area (Å²) in [6.07, 6.45) is 9.92. The van der Waals surface area contributed by atoms with Gasteiger partial charge in [0.1, 0.15) is 0 Å². The fourth-order valence-corrected chi connectivity index (χ4v) is 3.82. The van der Waals surface area contributed by atoms with E-state index in [2.05, 4.69) is 10.3 Å². The number of aliphatic imine (C=N–C) groups is 1. The van der Waals surface area contributed by atoms with Crippen LogP contribution in [0.1, 0.15) is 44.9 Å². The summed E-state index contributed by atoms with van der Waals surface area (Å²) in [4.78, 5) is 4.45. The molecule has 0 aliphatic heterocycles. The van der Waals surface area contributed by atoms with Crippen molar-refractivity contribution >= 4 is 29.9 Å². The topological polar surface area (TPSA) is 50.4 Å². The van der Waals surface area contributed by atoms with E-state index in [-0.39, 0.29) is 24.0 Å². The minimum atomic E-state index is 0. The molecule has 3 aliphatic rings. The lowest BCUT2D eigenvalue weighted by atomic mass is 9.86. The van der Waals surface area contributed by atoms with Crippen LogP contribution < -0.4 is 11.1 Å². The van der Waals surface area contributed by atoms with Crippen molar-refractivity contribution < 1.29 is 0 Å². The highest BCUT2D eigenvalue weighted by atomic mass is 127. The van der Waals surface area contributed by atoms with Gasteiger partial charge in [-0.25, -0.2) is 0 Å². The van der Waals surface area contributed by atoms with Crippen LogP contribution in [0.25, 0.3) is 0 Å². The summed E-state index contributed by atoms with van der Waals surface area (Å²) in [6, 6.07) is 0. The number of rotatable bonds is 4. The van der Waals surface area contributed by atoms with Crippen molar-refractivity contribution in [3.8, 4) is 0 Å². The zero-order valence-electron chi connectivity index (χ0n) is 11.1. The van der Waals surface area contributed by atoms with Gasteiger partial charge in [0.2, 0.25) is 0 Å². The van der Waals surface area contributed by atoms with Gasteiger partial charge in [-0.15, -0.1) is 24.0 Å². The van der Waals surface area contributed by atoms with Gasteiger partial charge < -0.3 is 11.1 Å². The third-order valence-corrected chi connectivity index (χ3v) is 5.17. The van der Waals surface area contributed by atoms with E-state index >= 15 is 0 Å². The van der Waals surface area contributed by atoms with Crippen LogP contribution in [0.5, 0.6) is 0 Å². The van der Waals surface area contributed by atoms with E-state index in [0.29, 0.717) is 5.96 Å². The molecule has 3 aliphatic carbocycles. The van der Waals surface area contributed by atoms with Crippen LogP contribution in [0.4, 0.5) is 0 Å². The molecule has 3 N–H and O–H groups in total. The minimum Gasteiger partial charge on any atom is -0.370 e. The van der Waals surface area contributed by atoms with Crippen molar-refractivity contribution in [1.29, 1.82) is 0 Å². The fourth-order valence-electron chi connectivity index (χ4n) is 3.82. The molecular weight excluding hydrogens is 337 g/mol. The van der Waals surface area contributed by atoms with Gasteiger partial charge in [-0.3, -0.25) is 4.99 Å². The standard InChI is InChI=1S/C14H25N3.HI/c15-14(16-8-10-2-1-3-10)17-9-13-7-11-4-5-12(13)6-11;/h10-13H,1-9H2,(H3,15,16,17);1H. The second-order valence-electron chi connectivity index (χ2n) is 6.34. The predicted octanol–water partition coefficient (Wildman–Crippen LogP) is 2.75. The monoisotopic (exact) mass is 363 g/mol. The first-order valence-electron chi connectivity index (χ1n) is 7.35. The van der Waals surface area contributed by atoms with Gasteiger partial charge >= 0.3 is 0 Å². The molecule has 0 aromatic heterocycles. The van der Waals surface area contributed by atoms with Gasteiger partial charge in [-0.1, -0.05) is 12.8 Å². The van der Waals surface area contributed by atoms with Crippen molar-refractivity contribution in [2.24, 2.45) is 34.4 Å². The highest BCUT2D eigenvalue weighted by Crippen LogP contribution is 2.47. The highest BCUT2D eigenvalue weighted by molar-refractivity contribution is 14.0. The molecule has 0 heterocycles. The van der Waals surface area contributed by atoms with Crippen LogP contribution in [-0.2, 0) is 0 Å². The number of nitrogens with one attached hydrogen (secondary N) is 1. The van der Waals surface area contributed by atoms with Crippen LogP contribution >= 0.6 is 24.0 Å². The molecule has 3 unspecified atom stereocenters. The smallest absolute Gasteiger partial charge is 0.188 e. The molecule has 3 saturated carbocycles. The summed E-state index contributed by atoms with van der Waals surface area (Å²) in [5, 5.41) is 3.34. The molecule has 3 rings (SSSR count). The third-order valence-electron chi connectivity index (χ3n) is 5.17. The quantitative estimate of drug-likeness (QED) is 0.459. The molecule has 0 aromatic carbocycles. The van der Waals surface area contributed by atoms with E-state index in [1.807, 2.05) is 0 Å². The molecule has 3 atom stereocenters. The molecule has 0 spiro atoms. The zero-order chi connectivity index (χ0) is 11.7. The molecule has 4 heteroatoms. The van der Waals surface area contributed by atoms with E-state index in [4.69, 9.17) is 5.73 Å². The van der Waals surface area contributed by atoms with Gasteiger partial charge in [-0.05, 0) is 55.8 Å². The Bertz CT molecular complexity index is 301. The third kappa shape index (κ3) is 3.31. The molecule has 0 radical (unpaired) electrons. The second-order valence-corrected chi connectivity index (χ2v) is 6.34. The maximum Gasteiger partial charge on any atom is 0.188 e. The van der Waals surface area contributed by atoms with E-state index in [1.54, 1.807) is 0 Å². The van der Waals surface area contributed by atoms with Crippen LogP contribution in [0.3, 0.4) is 0 Å². The van der Waals surface area contributed by atoms with E-state index < -0.39 is 0 Å². The van der Waals surface area contributed by atoms with Gasteiger partial charge in [0, 0.05) is 13.1 Å². The first-order valence-corrected chi connectivity index (χ1v) is 7.35. The Morgan fingerprint density at radius 1 is 1.17 bits per heavy atom. The van der Waals surface area contributed by atoms with Gasteiger partial charge in [0.05, 0.1) is 0 Å². The van der Waals surface area contributed by atoms with E-state index in [9.17, 15) is 0 Å². The van der Waals surface area contributed by atoms with Crippen molar-refractivity contribution in [2.45, 2.75) is 44.9 Å². The summed E-state index contributed by atoms with van der Waals surface area (Å²) in [7, 11) is 0. The first kappa shape index (κ1) is 14.4. The number of hydrogen-bond acceptors (Lipinski definition) is 1. The Hall–Kier alpha value is 0. The Balaban J connectivity index is 0.00000120. The maximum absolute atomic E-state index is 5.92. The predicted molar refractivity (Wildman–Crippen MR) is 86.2 cm³/mol. The summed E-state index contributed by atoms with van der Waals surface area (Å²) in [6.45, 7) is 2.00. The summed E-state index contributed by atoms with van der Waals surface area (Å²) in [5.41, 5.74) is 5.92. The molecule has 0 aromatic rings. The SMILES string of the molecule is I.NC(=NCC1CCC1)NCC1CC2CCC1C2. The van der Waals surface area contributed by atoms with Crippen molar-refractivity contribution in [3.05, 3.63) is 0 Å². The van der Waals surface area contributed by atoms with Crippen molar-refractivity contribution in [3.63, 3.8) is 0 Å². The van der Waals surface area contributed by atoms with E-state index in [1.165, 1.54) is 44.9 Å². The molecule has 18 heavy (non-hydrogen) atoms. The number of halogens is 1. The molecule has 0 amide bonds. The lowest BCUT2D eigenvalue weighted by Gasteiger charge is -2.24. The average Bonchev–Trinajstić information content (AvgIpc) is 2.85. The zero-order valence-corrected chi connectivity index (χ0v) is 13.4. The van der Waals surface area contributed by atoms with Gasteiger partial charge in [0.15, 0.2) is 5.96 Å². The summed E-state index contributed by atoms with van der Waals surface area (Å²) in [5.74, 6) is 4.37. The lowest BCUT2D eigenvalue weighted by Crippen LogP contribution is -2.37. The number of guanidine groups is 1. The normalized spacial score (nSPS) is 35.1. The number of nitrogens with zero attached hydrogens (tertiary/aromatic N) is 1. The Morgan fingerprint density at radius 3 is 2.56 bits per heavy atom. The summed E-state index contributed by atoms with van der Waals surface area (Å²) < 4.78 is 0. The Labute approximate surface area is 127 Å². The van der Waals surface area contributed by atoms with Gasteiger partial charge in [0.25, 0.3) is 0 Å². The number of nitrogens with two attached hydrogens (primary N) is 1. The molecule has 0 saturated heterocycles. The highest BCUT2D eigenvalue weighted by Gasteiger charge is 2.39. The van der Waals surface area contributed by atoms with Gasteiger partial charge in [-0.2, -0.15) is 0 Å². The second kappa shape index (κ2) is 6.44. The fraction of sp³-hybridized carbons (Fsp3) is 0.929. The minimum absolute atomic E-state index is 0. The maximum atomic E-state index is 5.92. The number of fused-ring (bicyclic) bond motifs is 2. The molecule has 3 nitrogen and oxygen atoms in total. The van der Waals surface area contributed by atoms with Crippen LogP contribution in [0, 0.1) is 23.7 Å². The van der Waals surface area contributed by atoms with Crippen molar-refractivity contribution in [2.75, 3.05) is 13.1 Å². The lowest BCUT2D eigenvalue weighted by molar-refractivity contribution is 0.323. The summed E-state index contributed by atoms with van der Waals surface area (Å²) >= 11 is 0. The average molecular weight is 363 g/mol. The molecule has 3 fully saturated rings. The molecular formula is C14H26IN3. The van der Waals surface area contributed by atoms with Crippen LogP contribution in [-0.4, -0.2) is 19.0 Å². The van der Waals surface area contributed by atoms with E-state index in [0.717, 1.165) is 36.8 Å². The van der Waals surface area contributed by atoms with Crippen molar-refractivity contribution in [1.82, 2.24) is 5.32 Å².